The van der Waals surface area contributed by atoms with Crippen molar-refractivity contribution in [1.29, 1.82) is 5.26 Å². The summed E-state index contributed by atoms with van der Waals surface area (Å²) in [4.78, 5) is 17.0. The second-order valence-electron chi connectivity index (χ2n) is 4.16. The van der Waals surface area contributed by atoms with Crippen LogP contribution in [-0.4, -0.2) is 21.2 Å². The van der Waals surface area contributed by atoms with E-state index in [2.05, 4.69) is 4.98 Å². The number of hydrogen-bond donors (Lipinski definition) is 0. The lowest BCUT2D eigenvalue weighted by Crippen LogP contribution is -2.12. The Bertz CT molecular complexity index is 675. The fourth-order valence-electron chi connectivity index (χ4n) is 1.78. The van der Waals surface area contributed by atoms with Crippen LogP contribution in [0.25, 0.3) is 0 Å². The highest BCUT2D eigenvalue weighted by molar-refractivity contribution is 7.84. The van der Waals surface area contributed by atoms with Gasteiger partial charge in [0.15, 0.2) is 11.7 Å². The normalized spacial score (nSPS) is 13.2. The number of carbonyl (C=O) groups is 1. The molecule has 1 aromatic carbocycles. The standard InChI is InChI=1S/C15H12N2O2S/c1-20(19)12-7-5-11(6-8-12)15(18)13(10-16)14-4-2-3-9-17-14/h2-9,13H,1H3/t13-,20-/m0/s1. The van der Waals surface area contributed by atoms with Gasteiger partial charge in [0.05, 0.1) is 11.8 Å². The molecule has 2 aromatic rings. The molecule has 1 heterocycles. The number of pyridine rings is 1. The summed E-state index contributed by atoms with van der Waals surface area (Å²) in [5.74, 6) is -1.23. The van der Waals surface area contributed by atoms with E-state index in [1.807, 2.05) is 6.07 Å². The lowest BCUT2D eigenvalue weighted by molar-refractivity contribution is 0.0977. The van der Waals surface area contributed by atoms with Crippen LogP contribution in [0.4, 0.5) is 0 Å². The summed E-state index contributed by atoms with van der Waals surface area (Å²) in [6.45, 7) is 0. The molecule has 0 fully saturated rings. The molecule has 0 spiro atoms. The van der Waals surface area contributed by atoms with E-state index in [0.29, 0.717) is 16.2 Å². The Kier molecular flexibility index (Phi) is 4.38. The van der Waals surface area contributed by atoms with E-state index in [4.69, 9.17) is 0 Å². The first kappa shape index (κ1) is 14.1. The summed E-state index contributed by atoms with van der Waals surface area (Å²) in [5, 5.41) is 9.19. The van der Waals surface area contributed by atoms with Gasteiger partial charge < -0.3 is 0 Å². The third-order valence-electron chi connectivity index (χ3n) is 2.85. The minimum Gasteiger partial charge on any atom is -0.292 e. The Morgan fingerprint density at radius 1 is 1.25 bits per heavy atom. The van der Waals surface area contributed by atoms with Gasteiger partial charge >= 0.3 is 0 Å². The summed E-state index contributed by atoms with van der Waals surface area (Å²) in [6.07, 6.45) is 3.12. The van der Waals surface area contributed by atoms with Crippen molar-refractivity contribution in [1.82, 2.24) is 4.98 Å². The van der Waals surface area contributed by atoms with Crippen LogP contribution < -0.4 is 0 Å². The Hall–Kier alpha value is -2.32. The summed E-state index contributed by atoms with van der Waals surface area (Å²) < 4.78 is 11.3. The van der Waals surface area contributed by atoms with Gasteiger partial charge in [-0.2, -0.15) is 5.26 Å². The van der Waals surface area contributed by atoms with Gasteiger partial charge in [-0.1, -0.05) is 18.2 Å². The van der Waals surface area contributed by atoms with Crippen LogP contribution in [0.3, 0.4) is 0 Å². The highest BCUT2D eigenvalue weighted by Crippen LogP contribution is 2.19. The minimum atomic E-state index is -1.09. The van der Waals surface area contributed by atoms with Crippen molar-refractivity contribution in [2.75, 3.05) is 6.26 Å². The van der Waals surface area contributed by atoms with E-state index >= 15 is 0 Å². The van der Waals surface area contributed by atoms with E-state index in [0.717, 1.165) is 0 Å². The number of hydrogen-bond acceptors (Lipinski definition) is 4. The molecule has 0 bridgehead atoms. The van der Waals surface area contributed by atoms with Crippen molar-refractivity contribution in [3.63, 3.8) is 0 Å². The van der Waals surface area contributed by atoms with Crippen LogP contribution >= 0.6 is 0 Å². The smallest absolute Gasteiger partial charge is 0.186 e. The SMILES string of the molecule is C[S@](=O)c1ccc(C(=O)[C@@H](C#N)c2ccccn2)cc1. The van der Waals surface area contributed by atoms with Crippen LogP contribution in [0.5, 0.6) is 0 Å². The molecule has 20 heavy (non-hydrogen) atoms. The van der Waals surface area contributed by atoms with E-state index in [1.54, 1.807) is 54.9 Å². The summed E-state index contributed by atoms with van der Waals surface area (Å²) in [6, 6.07) is 13.6. The predicted molar refractivity (Wildman–Crippen MR) is 75.7 cm³/mol. The fraction of sp³-hybridized carbons (Fsp3) is 0.133. The van der Waals surface area contributed by atoms with Crippen LogP contribution in [0.2, 0.25) is 0 Å². The molecule has 0 unspecified atom stereocenters. The molecule has 2 rings (SSSR count). The Morgan fingerprint density at radius 2 is 1.95 bits per heavy atom. The zero-order valence-corrected chi connectivity index (χ0v) is 11.6. The number of carbonyl (C=O) groups excluding carboxylic acids is 1. The van der Waals surface area contributed by atoms with Crippen molar-refractivity contribution in [2.24, 2.45) is 0 Å². The van der Waals surface area contributed by atoms with Gasteiger partial charge in [-0.3, -0.25) is 14.0 Å². The number of ketones is 1. The average molecular weight is 284 g/mol. The molecule has 100 valence electrons. The van der Waals surface area contributed by atoms with Crippen LogP contribution in [-0.2, 0) is 10.8 Å². The van der Waals surface area contributed by atoms with Gasteiger partial charge in [-0.25, -0.2) is 0 Å². The third kappa shape index (κ3) is 2.98. The summed E-state index contributed by atoms with van der Waals surface area (Å²) >= 11 is 0. The fourth-order valence-corrected chi connectivity index (χ4v) is 2.30. The molecule has 4 nitrogen and oxygen atoms in total. The zero-order valence-electron chi connectivity index (χ0n) is 10.8. The number of benzene rings is 1. The molecule has 0 radical (unpaired) electrons. The first-order chi connectivity index (χ1) is 9.63. The van der Waals surface area contributed by atoms with Crippen molar-refractivity contribution >= 4 is 16.6 Å². The molecule has 0 aliphatic heterocycles. The van der Waals surface area contributed by atoms with Crippen molar-refractivity contribution in [3.05, 3.63) is 59.9 Å². The molecule has 0 saturated carbocycles. The molecule has 2 atom stereocenters. The van der Waals surface area contributed by atoms with Gasteiger partial charge in [-0.15, -0.1) is 0 Å². The number of nitrogens with zero attached hydrogens (tertiary/aromatic N) is 2. The monoisotopic (exact) mass is 284 g/mol. The first-order valence-corrected chi connectivity index (χ1v) is 7.47. The zero-order chi connectivity index (χ0) is 14.5. The van der Waals surface area contributed by atoms with E-state index in [9.17, 15) is 14.3 Å². The number of rotatable bonds is 4. The molecule has 0 saturated heterocycles. The van der Waals surface area contributed by atoms with Crippen molar-refractivity contribution < 1.29 is 9.00 Å². The molecule has 1 aromatic heterocycles. The highest BCUT2D eigenvalue weighted by Gasteiger charge is 2.22. The van der Waals surface area contributed by atoms with Crippen molar-refractivity contribution in [2.45, 2.75) is 10.8 Å². The third-order valence-corrected chi connectivity index (χ3v) is 3.78. The largest absolute Gasteiger partial charge is 0.292 e. The highest BCUT2D eigenvalue weighted by atomic mass is 32.2. The second-order valence-corrected chi connectivity index (χ2v) is 5.54. The minimum absolute atomic E-state index is 0.306. The Labute approximate surface area is 119 Å². The van der Waals surface area contributed by atoms with E-state index in [-0.39, 0.29) is 5.78 Å². The maximum atomic E-state index is 12.3. The molecule has 0 aliphatic carbocycles. The molecular formula is C15H12N2O2S. The van der Waals surface area contributed by atoms with Gasteiger partial charge in [-0.05, 0) is 24.3 Å². The van der Waals surface area contributed by atoms with Gasteiger partial charge in [0, 0.05) is 33.7 Å². The number of nitriles is 1. The van der Waals surface area contributed by atoms with Crippen LogP contribution in [0.1, 0.15) is 22.0 Å². The van der Waals surface area contributed by atoms with Crippen LogP contribution in [0.15, 0.2) is 53.6 Å². The molecular weight excluding hydrogens is 272 g/mol. The predicted octanol–water partition coefficient (Wildman–Crippen LogP) is 2.31. The van der Waals surface area contributed by atoms with E-state index < -0.39 is 16.7 Å². The molecule has 0 amide bonds. The Balaban J connectivity index is 2.30. The van der Waals surface area contributed by atoms with Crippen LogP contribution in [0, 0.1) is 11.3 Å². The van der Waals surface area contributed by atoms with Gasteiger partial charge in [0.25, 0.3) is 0 Å². The van der Waals surface area contributed by atoms with Gasteiger partial charge in [0.2, 0.25) is 0 Å². The average Bonchev–Trinajstić information content (AvgIpc) is 2.49. The lowest BCUT2D eigenvalue weighted by Gasteiger charge is -2.07. The van der Waals surface area contributed by atoms with E-state index in [1.165, 1.54) is 0 Å². The Morgan fingerprint density at radius 3 is 2.45 bits per heavy atom. The van der Waals surface area contributed by atoms with Crippen molar-refractivity contribution in [3.8, 4) is 6.07 Å². The second kappa shape index (κ2) is 6.22. The lowest BCUT2D eigenvalue weighted by atomic mass is 9.95. The topological polar surface area (TPSA) is 70.8 Å². The molecule has 0 aliphatic rings. The first-order valence-electron chi connectivity index (χ1n) is 5.91. The van der Waals surface area contributed by atoms with Gasteiger partial charge in [0.1, 0.15) is 0 Å². The maximum Gasteiger partial charge on any atom is 0.186 e. The number of aromatic nitrogens is 1. The molecule has 0 N–H and O–H groups in total. The molecule has 5 heteroatoms. The summed E-state index contributed by atoms with van der Waals surface area (Å²) in [7, 11) is -1.09. The number of Topliss-reactive ketones (excluding diaryl/α,β-unsaturated/α-hetero) is 1. The maximum absolute atomic E-state index is 12.3. The quantitative estimate of drug-likeness (QED) is 0.808. The summed E-state index contributed by atoms with van der Waals surface area (Å²) in [5.41, 5.74) is 0.847.